The third-order valence-electron chi connectivity index (χ3n) is 1.73. The SMILES string of the molecule is CC(=O)C(=Cc1ccc(Cl)cc1)[N+](=O)[O-]. The Labute approximate surface area is 91.3 Å². The fourth-order valence-electron chi connectivity index (χ4n) is 1.000. The number of rotatable bonds is 3. The molecule has 0 heterocycles. The van der Waals surface area contributed by atoms with E-state index in [4.69, 9.17) is 11.6 Å². The quantitative estimate of drug-likeness (QED) is 0.451. The Morgan fingerprint density at radius 2 is 1.93 bits per heavy atom. The standard InChI is InChI=1S/C10H8ClNO3/c1-7(13)10(12(14)15)6-8-2-4-9(11)5-3-8/h2-6H,1H3. The summed E-state index contributed by atoms with van der Waals surface area (Å²) in [5.41, 5.74) is 0.138. The van der Waals surface area contributed by atoms with Crippen LogP contribution in [0, 0.1) is 10.1 Å². The van der Waals surface area contributed by atoms with Gasteiger partial charge in [-0.3, -0.25) is 14.9 Å². The van der Waals surface area contributed by atoms with Gasteiger partial charge in [-0.15, -0.1) is 0 Å². The zero-order chi connectivity index (χ0) is 11.4. The minimum absolute atomic E-state index is 0.433. The minimum atomic E-state index is -0.697. The van der Waals surface area contributed by atoms with Crippen LogP contribution >= 0.6 is 11.6 Å². The van der Waals surface area contributed by atoms with Crippen LogP contribution in [0.15, 0.2) is 30.0 Å². The second-order valence-corrected chi connectivity index (χ2v) is 3.33. The molecule has 1 aromatic rings. The van der Waals surface area contributed by atoms with E-state index in [1.54, 1.807) is 24.3 Å². The summed E-state index contributed by atoms with van der Waals surface area (Å²) in [7, 11) is 0. The average molecular weight is 226 g/mol. The van der Waals surface area contributed by atoms with E-state index in [0.29, 0.717) is 10.6 Å². The number of hydrogen-bond acceptors (Lipinski definition) is 3. The average Bonchev–Trinajstić information content (AvgIpc) is 2.15. The van der Waals surface area contributed by atoms with Gasteiger partial charge in [0, 0.05) is 18.0 Å². The first kappa shape index (κ1) is 11.4. The Morgan fingerprint density at radius 1 is 1.40 bits per heavy atom. The molecule has 0 saturated heterocycles. The Hall–Kier alpha value is -1.68. The molecule has 0 spiro atoms. The van der Waals surface area contributed by atoms with Crippen molar-refractivity contribution in [2.45, 2.75) is 6.92 Å². The summed E-state index contributed by atoms with van der Waals surface area (Å²) in [6, 6.07) is 6.42. The molecule has 15 heavy (non-hydrogen) atoms. The molecule has 4 nitrogen and oxygen atoms in total. The largest absolute Gasteiger partial charge is 0.312 e. The van der Waals surface area contributed by atoms with Crippen LogP contribution < -0.4 is 0 Å². The molecule has 78 valence electrons. The van der Waals surface area contributed by atoms with Crippen LogP contribution in [0.1, 0.15) is 12.5 Å². The molecular weight excluding hydrogens is 218 g/mol. The van der Waals surface area contributed by atoms with Gasteiger partial charge >= 0.3 is 5.70 Å². The van der Waals surface area contributed by atoms with E-state index in [9.17, 15) is 14.9 Å². The van der Waals surface area contributed by atoms with E-state index in [1.807, 2.05) is 0 Å². The van der Waals surface area contributed by atoms with Crippen LogP contribution in [0.2, 0.25) is 5.02 Å². The molecule has 0 aliphatic carbocycles. The first-order chi connectivity index (χ1) is 7.00. The maximum atomic E-state index is 10.9. The third kappa shape index (κ3) is 3.18. The topological polar surface area (TPSA) is 60.2 Å². The van der Waals surface area contributed by atoms with Gasteiger partial charge in [0.1, 0.15) is 0 Å². The maximum absolute atomic E-state index is 10.9. The number of nitro groups is 1. The molecular formula is C10H8ClNO3. The van der Waals surface area contributed by atoms with E-state index in [-0.39, 0.29) is 0 Å². The first-order valence-electron chi connectivity index (χ1n) is 4.13. The summed E-state index contributed by atoms with van der Waals surface area (Å²) in [4.78, 5) is 20.7. The van der Waals surface area contributed by atoms with Gasteiger partial charge in [0.2, 0.25) is 5.78 Å². The smallest absolute Gasteiger partial charge is 0.288 e. The van der Waals surface area contributed by atoms with Crippen LogP contribution in [-0.4, -0.2) is 10.7 Å². The zero-order valence-corrected chi connectivity index (χ0v) is 8.69. The molecule has 1 aromatic carbocycles. The van der Waals surface area contributed by atoms with Gasteiger partial charge < -0.3 is 0 Å². The lowest BCUT2D eigenvalue weighted by atomic mass is 10.1. The predicted molar refractivity (Wildman–Crippen MR) is 57.1 cm³/mol. The maximum Gasteiger partial charge on any atom is 0.312 e. The van der Waals surface area contributed by atoms with Gasteiger partial charge in [-0.2, -0.15) is 0 Å². The van der Waals surface area contributed by atoms with E-state index in [1.165, 1.54) is 6.08 Å². The molecule has 0 atom stereocenters. The molecule has 0 fully saturated rings. The summed E-state index contributed by atoms with van der Waals surface area (Å²) in [5.74, 6) is -0.574. The lowest BCUT2D eigenvalue weighted by Gasteiger charge is -1.95. The molecule has 0 amide bonds. The van der Waals surface area contributed by atoms with Gasteiger partial charge in [0.25, 0.3) is 0 Å². The molecule has 0 bridgehead atoms. The zero-order valence-electron chi connectivity index (χ0n) is 7.94. The lowest BCUT2D eigenvalue weighted by molar-refractivity contribution is -0.417. The van der Waals surface area contributed by atoms with Gasteiger partial charge in [-0.25, -0.2) is 0 Å². The number of carbonyl (C=O) groups excluding carboxylic acids is 1. The van der Waals surface area contributed by atoms with Crippen molar-refractivity contribution in [1.29, 1.82) is 0 Å². The van der Waals surface area contributed by atoms with Crippen molar-refractivity contribution < 1.29 is 9.72 Å². The summed E-state index contributed by atoms with van der Waals surface area (Å²) in [6.45, 7) is 1.16. The fraction of sp³-hybridized carbons (Fsp3) is 0.100. The van der Waals surface area contributed by atoms with Crippen LogP contribution in [0.5, 0.6) is 0 Å². The fourth-order valence-corrected chi connectivity index (χ4v) is 1.13. The minimum Gasteiger partial charge on any atom is -0.288 e. The summed E-state index contributed by atoms with van der Waals surface area (Å²) in [6.07, 6.45) is 1.22. The molecule has 0 N–H and O–H groups in total. The monoisotopic (exact) mass is 225 g/mol. The Bertz CT molecular complexity index is 407. The normalized spacial score (nSPS) is 11.2. The number of nitrogens with zero attached hydrogens (tertiary/aromatic N) is 1. The summed E-state index contributed by atoms with van der Waals surface area (Å²) < 4.78 is 0. The Balaban J connectivity index is 3.08. The van der Waals surface area contributed by atoms with Gasteiger partial charge in [-0.05, 0) is 17.7 Å². The molecule has 1 rings (SSSR count). The number of Topliss-reactive ketones (excluding diaryl/α,β-unsaturated/α-hetero) is 1. The van der Waals surface area contributed by atoms with Crippen LogP contribution in [0.3, 0.4) is 0 Å². The van der Waals surface area contributed by atoms with Crippen LogP contribution in [0.25, 0.3) is 6.08 Å². The van der Waals surface area contributed by atoms with Crippen LogP contribution in [0.4, 0.5) is 0 Å². The van der Waals surface area contributed by atoms with E-state index in [2.05, 4.69) is 0 Å². The molecule has 0 radical (unpaired) electrons. The third-order valence-corrected chi connectivity index (χ3v) is 1.98. The number of ketones is 1. The number of benzene rings is 1. The highest BCUT2D eigenvalue weighted by Crippen LogP contribution is 2.13. The van der Waals surface area contributed by atoms with Crippen molar-refractivity contribution in [3.63, 3.8) is 0 Å². The number of halogens is 1. The van der Waals surface area contributed by atoms with E-state index in [0.717, 1.165) is 6.92 Å². The van der Waals surface area contributed by atoms with Crippen molar-refractivity contribution in [3.8, 4) is 0 Å². The highest BCUT2D eigenvalue weighted by atomic mass is 35.5. The van der Waals surface area contributed by atoms with Crippen molar-refractivity contribution >= 4 is 23.5 Å². The molecule has 0 saturated carbocycles. The van der Waals surface area contributed by atoms with Crippen molar-refractivity contribution in [2.75, 3.05) is 0 Å². The van der Waals surface area contributed by atoms with E-state index >= 15 is 0 Å². The highest BCUT2D eigenvalue weighted by Gasteiger charge is 2.16. The Kier molecular flexibility index (Phi) is 3.57. The molecule has 0 aromatic heterocycles. The number of hydrogen-bond donors (Lipinski definition) is 0. The predicted octanol–water partition coefficient (Wildman–Crippen LogP) is 2.55. The van der Waals surface area contributed by atoms with Crippen molar-refractivity contribution in [2.24, 2.45) is 0 Å². The molecule has 0 aliphatic heterocycles. The van der Waals surface area contributed by atoms with Gasteiger partial charge in [0.05, 0.1) is 4.92 Å². The molecule has 0 unspecified atom stereocenters. The molecule has 5 heteroatoms. The second-order valence-electron chi connectivity index (χ2n) is 2.89. The summed E-state index contributed by atoms with van der Waals surface area (Å²) in [5, 5.41) is 11.0. The van der Waals surface area contributed by atoms with Crippen molar-refractivity contribution in [1.82, 2.24) is 0 Å². The highest BCUT2D eigenvalue weighted by molar-refractivity contribution is 6.30. The van der Waals surface area contributed by atoms with Crippen LogP contribution in [-0.2, 0) is 4.79 Å². The van der Waals surface area contributed by atoms with E-state index < -0.39 is 16.4 Å². The number of carbonyl (C=O) groups is 1. The second kappa shape index (κ2) is 4.70. The first-order valence-corrected chi connectivity index (χ1v) is 4.51. The molecule has 0 aliphatic rings. The van der Waals surface area contributed by atoms with Gasteiger partial charge in [0.15, 0.2) is 0 Å². The number of allylic oxidation sites excluding steroid dienone is 1. The van der Waals surface area contributed by atoms with Gasteiger partial charge in [-0.1, -0.05) is 23.7 Å². The lowest BCUT2D eigenvalue weighted by Crippen LogP contribution is -2.07. The van der Waals surface area contributed by atoms with Crippen molar-refractivity contribution in [3.05, 3.63) is 50.7 Å². The Morgan fingerprint density at radius 3 is 2.33 bits per heavy atom. The summed E-state index contributed by atoms with van der Waals surface area (Å²) >= 11 is 5.65.